The molecule has 1 rings (SSSR count). The Morgan fingerprint density at radius 3 is 1.08 bits per heavy atom. The molecule has 3 N–H and O–H groups in total. The summed E-state index contributed by atoms with van der Waals surface area (Å²) >= 11 is 0. The van der Waals surface area contributed by atoms with Crippen molar-refractivity contribution in [1.29, 1.82) is 0 Å². The summed E-state index contributed by atoms with van der Waals surface area (Å²) in [5, 5.41) is 26.4. The molecular formula is C21H24O3. The molecule has 1 aromatic rings. The molecule has 0 aliphatic heterocycles. The van der Waals surface area contributed by atoms with E-state index in [-0.39, 0.29) is 19.8 Å². The van der Waals surface area contributed by atoms with Crippen LogP contribution in [0.15, 0.2) is 18.2 Å². The minimum absolute atomic E-state index is 0.145. The zero-order chi connectivity index (χ0) is 17.5. The second-order valence-corrected chi connectivity index (χ2v) is 5.19. The summed E-state index contributed by atoms with van der Waals surface area (Å²) in [5.41, 5.74) is 2.56. The van der Waals surface area contributed by atoms with Gasteiger partial charge in [-0.2, -0.15) is 0 Å². The van der Waals surface area contributed by atoms with E-state index in [0.717, 1.165) is 16.7 Å². The van der Waals surface area contributed by atoms with Gasteiger partial charge in [0.2, 0.25) is 0 Å². The van der Waals surface area contributed by atoms with Gasteiger partial charge in [-0.25, -0.2) is 0 Å². The number of aliphatic hydroxyl groups is 3. The topological polar surface area (TPSA) is 60.7 Å². The van der Waals surface area contributed by atoms with Crippen LogP contribution in [-0.4, -0.2) is 35.1 Å². The summed E-state index contributed by atoms with van der Waals surface area (Å²) in [7, 11) is 0. The zero-order valence-electron chi connectivity index (χ0n) is 13.9. The first-order valence-electron chi connectivity index (χ1n) is 8.24. The van der Waals surface area contributed by atoms with Crippen LogP contribution in [0.4, 0.5) is 0 Å². The van der Waals surface area contributed by atoms with Crippen molar-refractivity contribution in [2.75, 3.05) is 19.8 Å². The van der Waals surface area contributed by atoms with E-state index in [2.05, 4.69) is 35.5 Å². The second-order valence-electron chi connectivity index (χ2n) is 5.19. The average Bonchev–Trinajstić information content (AvgIpc) is 2.59. The van der Waals surface area contributed by atoms with Crippen LogP contribution >= 0.6 is 0 Å². The van der Waals surface area contributed by atoms with Gasteiger partial charge in [-0.3, -0.25) is 0 Å². The molecule has 126 valence electrons. The largest absolute Gasteiger partial charge is 0.396 e. The Kier molecular flexibility index (Phi) is 10.9. The standard InChI is InChI=1S/C21H24O3/c22-13-7-1-4-10-19-16-20(11-5-2-8-14-23)18-21(17-19)12-6-3-9-15-24/h16-18,22-24H,1-3,7-9,13-15H2. The Bertz CT molecular complexity index is 565. The highest BCUT2D eigenvalue weighted by Gasteiger charge is 1.96. The first-order valence-corrected chi connectivity index (χ1v) is 8.24. The molecule has 0 bridgehead atoms. The zero-order valence-corrected chi connectivity index (χ0v) is 13.9. The van der Waals surface area contributed by atoms with Crippen LogP contribution < -0.4 is 0 Å². The van der Waals surface area contributed by atoms with Crippen LogP contribution in [0.25, 0.3) is 0 Å². The van der Waals surface area contributed by atoms with E-state index in [1.807, 2.05) is 18.2 Å². The Labute approximate surface area is 144 Å². The number of hydrogen-bond acceptors (Lipinski definition) is 3. The van der Waals surface area contributed by atoms with Gasteiger partial charge >= 0.3 is 0 Å². The molecule has 0 amide bonds. The van der Waals surface area contributed by atoms with Crippen LogP contribution in [0.2, 0.25) is 0 Å². The predicted molar refractivity (Wildman–Crippen MR) is 96.0 cm³/mol. The van der Waals surface area contributed by atoms with E-state index < -0.39 is 0 Å². The average molecular weight is 324 g/mol. The Morgan fingerprint density at radius 1 is 0.542 bits per heavy atom. The van der Waals surface area contributed by atoms with Crippen LogP contribution in [-0.2, 0) is 0 Å². The summed E-state index contributed by atoms with van der Waals surface area (Å²) in [6.07, 6.45) is 3.96. The minimum atomic E-state index is 0.145. The molecule has 0 radical (unpaired) electrons. The molecule has 0 saturated heterocycles. The summed E-state index contributed by atoms with van der Waals surface area (Å²) in [6, 6.07) is 5.78. The minimum Gasteiger partial charge on any atom is -0.396 e. The molecule has 3 heteroatoms. The first kappa shape index (κ1) is 19.8. The molecule has 24 heavy (non-hydrogen) atoms. The summed E-state index contributed by atoms with van der Waals surface area (Å²) in [5.74, 6) is 18.4. The van der Waals surface area contributed by atoms with E-state index in [1.165, 1.54) is 0 Å². The lowest BCUT2D eigenvalue weighted by Gasteiger charge is -1.97. The Morgan fingerprint density at radius 2 is 0.833 bits per heavy atom. The molecule has 0 fully saturated rings. The van der Waals surface area contributed by atoms with Gasteiger partial charge < -0.3 is 15.3 Å². The van der Waals surface area contributed by atoms with Gasteiger partial charge in [0.1, 0.15) is 0 Å². The van der Waals surface area contributed by atoms with Gasteiger partial charge in [-0.15, -0.1) is 0 Å². The Balaban J connectivity index is 2.95. The predicted octanol–water partition coefficient (Wildman–Crippen LogP) is 2.06. The molecule has 0 aliphatic carbocycles. The molecule has 0 unspecified atom stereocenters. The van der Waals surface area contributed by atoms with Crippen LogP contribution in [0, 0.1) is 35.5 Å². The van der Waals surface area contributed by atoms with Crippen molar-refractivity contribution in [3.05, 3.63) is 34.9 Å². The van der Waals surface area contributed by atoms with Crippen LogP contribution in [0.5, 0.6) is 0 Å². The molecule has 0 heterocycles. The lowest BCUT2D eigenvalue weighted by Crippen LogP contribution is -1.86. The van der Waals surface area contributed by atoms with Crippen molar-refractivity contribution in [2.45, 2.75) is 38.5 Å². The normalized spacial score (nSPS) is 9.12. The molecule has 0 aromatic heterocycles. The molecule has 1 aromatic carbocycles. The third-order valence-electron chi connectivity index (χ3n) is 3.01. The van der Waals surface area contributed by atoms with Crippen molar-refractivity contribution in [3.8, 4) is 35.5 Å². The highest BCUT2D eigenvalue weighted by atomic mass is 16.3. The summed E-state index contributed by atoms with van der Waals surface area (Å²) in [6.45, 7) is 0.436. The van der Waals surface area contributed by atoms with Gasteiger partial charge in [0, 0.05) is 55.8 Å². The molecular weight excluding hydrogens is 300 g/mol. The molecule has 0 spiro atoms. The van der Waals surface area contributed by atoms with Gasteiger partial charge in [0.15, 0.2) is 0 Å². The van der Waals surface area contributed by atoms with E-state index in [4.69, 9.17) is 15.3 Å². The summed E-state index contributed by atoms with van der Waals surface area (Å²) in [4.78, 5) is 0. The fourth-order valence-corrected chi connectivity index (χ4v) is 1.84. The number of rotatable bonds is 6. The van der Waals surface area contributed by atoms with Gasteiger partial charge in [0.25, 0.3) is 0 Å². The number of unbranched alkanes of at least 4 members (excludes halogenated alkanes) is 3. The van der Waals surface area contributed by atoms with Crippen molar-refractivity contribution in [3.63, 3.8) is 0 Å². The molecule has 0 aliphatic rings. The monoisotopic (exact) mass is 324 g/mol. The van der Waals surface area contributed by atoms with Gasteiger partial charge in [-0.1, -0.05) is 35.5 Å². The van der Waals surface area contributed by atoms with Crippen molar-refractivity contribution in [1.82, 2.24) is 0 Å². The van der Waals surface area contributed by atoms with Crippen molar-refractivity contribution >= 4 is 0 Å². The third-order valence-corrected chi connectivity index (χ3v) is 3.01. The fraction of sp³-hybridized carbons (Fsp3) is 0.429. The number of hydrogen-bond donors (Lipinski definition) is 3. The van der Waals surface area contributed by atoms with E-state index >= 15 is 0 Å². The highest BCUT2D eigenvalue weighted by Crippen LogP contribution is 2.09. The maximum Gasteiger partial charge on any atom is 0.0440 e. The van der Waals surface area contributed by atoms with Crippen molar-refractivity contribution < 1.29 is 15.3 Å². The summed E-state index contributed by atoms with van der Waals surface area (Å²) < 4.78 is 0. The fourth-order valence-electron chi connectivity index (χ4n) is 1.84. The maximum absolute atomic E-state index is 8.79. The van der Waals surface area contributed by atoms with E-state index in [1.54, 1.807) is 0 Å². The van der Waals surface area contributed by atoms with Crippen LogP contribution in [0.1, 0.15) is 55.2 Å². The quantitative estimate of drug-likeness (QED) is 0.554. The Hall–Kier alpha value is -2.22. The lowest BCUT2D eigenvalue weighted by molar-refractivity contribution is 0.290. The van der Waals surface area contributed by atoms with Crippen LogP contribution in [0.3, 0.4) is 0 Å². The molecule has 0 saturated carbocycles. The molecule has 3 nitrogen and oxygen atoms in total. The maximum atomic E-state index is 8.79. The molecule has 0 atom stereocenters. The van der Waals surface area contributed by atoms with E-state index in [0.29, 0.717) is 38.5 Å². The number of aliphatic hydroxyl groups excluding tert-OH is 3. The smallest absolute Gasteiger partial charge is 0.0440 e. The number of benzene rings is 1. The van der Waals surface area contributed by atoms with Crippen molar-refractivity contribution in [2.24, 2.45) is 0 Å². The third kappa shape index (κ3) is 9.04. The van der Waals surface area contributed by atoms with Gasteiger partial charge in [-0.05, 0) is 37.5 Å². The van der Waals surface area contributed by atoms with Gasteiger partial charge in [0.05, 0.1) is 0 Å². The SMILES string of the molecule is OCCCC#Cc1cc(C#CCCCO)cc(C#CCCCO)c1. The highest BCUT2D eigenvalue weighted by molar-refractivity contribution is 5.51. The first-order chi connectivity index (χ1) is 11.8. The lowest BCUT2D eigenvalue weighted by atomic mass is 10.1. The van der Waals surface area contributed by atoms with E-state index in [9.17, 15) is 0 Å². The second kappa shape index (κ2) is 13.2.